The van der Waals surface area contributed by atoms with Crippen LogP contribution in [-0.2, 0) is 0 Å². The summed E-state index contributed by atoms with van der Waals surface area (Å²) in [5.74, 6) is 0. The van der Waals surface area contributed by atoms with Gasteiger partial charge >= 0.3 is 20.4 Å². The lowest BCUT2D eigenvalue weighted by Gasteiger charge is -1.87. The van der Waals surface area contributed by atoms with E-state index < -0.39 is 0 Å². The molecule has 0 aliphatic carbocycles. The molecule has 0 unspecified atom stereocenters. The molecule has 0 bridgehead atoms. The maximum Gasteiger partial charge on any atom is 0.363 e. The Morgan fingerprint density at radius 2 is 2.00 bits per heavy atom. The number of unbranched alkanes of at least 4 members (excludes halogenated alkanes) is 1. The minimum absolute atomic E-state index is 0.411. The molecule has 0 saturated carbocycles. The molecule has 0 nitrogen and oxygen atoms in total. The topological polar surface area (TPSA) is 0 Å². The van der Waals surface area contributed by atoms with E-state index in [0.29, 0.717) is 20.4 Å². The highest BCUT2D eigenvalue weighted by Crippen LogP contribution is 1.94. The Morgan fingerprint density at radius 1 is 1.29 bits per heavy atom. The van der Waals surface area contributed by atoms with E-state index in [-0.39, 0.29) is 0 Å². The van der Waals surface area contributed by atoms with E-state index in [1.165, 1.54) is 17.4 Å². The van der Waals surface area contributed by atoms with E-state index in [0.717, 1.165) is 0 Å². The standard InChI is InChI=1S/C4H9.C2H5.Mg/c1-3-4-2;1-2;/h1,3-4H2,2H3;1H2,2H3;/i;;1-23. The summed E-state index contributed by atoms with van der Waals surface area (Å²) in [4.78, 5) is 0. The molecule has 0 N–H and O–H groups in total. The molecular weight excluding hydrogens is 73.1 g/mol. The molecule has 7 heavy (non-hydrogen) atoms. The van der Waals surface area contributed by atoms with Gasteiger partial charge in [0.25, 0.3) is 0 Å². The van der Waals surface area contributed by atoms with Gasteiger partial charge in [0, 0.05) is 0 Å². The molecule has 0 rings (SSSR count). The molecular formula is C6H14Mg. The molecule has 0 amide bonds. The van der Waals surface area contributed by atoms with Crippen LogP contribution in [0.15, 0.2) is 0 Å². The summed E-state index contributed by atoms with van der Waals surface area (Å²) >= 11 is 0.411. The molecule has 0 aliphatic heterocycles. The second-order valence-electron chi connectivity index (χ2n) is 2.06. The van der Waals surface area contributed by atoms with Crippen molar-refractivity contribution in [1.29, 1.82) is 0 Å². The average Bonchev–Trinajstić information content (AvgIpc) is 1.69. The van der Waals surface area contributed by atoms with Crippen LogP contribution in [0.4, 0.5) is 0 Å². The maximum absolute atomic E-state index is 2.31. The lowest BCUT2D eigenvalue weighted by Crippen LogP contribution is -1.82. The predicted octanol–water partition coefficient (Wildman–Crippen LogP) is 2.35. The van der Waals surface area contributed by atoms with Gasteiger partial charge in [0.05, 0.1) is 0 Å². The molecule has 0 aromatic rings. The Labute approximate surface area is 56.4 Å². The van der Waals surface area contributed by atoms with Gasteiger partial charge in [-0.15, -0.1) is 9.10 Å². The fourth-order valence-electron chi connectivity index (χ4n) is 0.677. The van der Waals surface area contributed by atoms with Crippen LogP contribution in [0.1, 0.15) is 26.7 Å². The second-order valence-corrected chi connectivity index (χ2v) is 4.47. The Morgan fingerprint density at radius 3 is 2.43 bits per heavy atom. The molecule has 0 radical (unpaired) electrons. The first-order valence-electron chi connectivity index (χ1n) is 3.41. The van der Waals surface area contributed by atoms with Gasteiger partial charge < -0.3 is 0 Å². The quantitative estimate of drug-likeness (QED) is 0.364. The largest absolute Gasteiger partial charge is 0.363 e. The third-order valence-corrected chi connectivity index (χ3v) is 2.91. The molecule has 0 saturated heterocycles. The molecule has 0 atom stereocenters. The molecule has 0 heterocycles. The van der Waals surface area contributed by atoms with Crippen LogP contribution in [0.2, 0.25) is 9.10 Å². The van der Waals surface area contributed by atoms with Crippen molar-refractivity contribution in [2.45, 2.75) is 35.8 Å². The molecule has 0 spiro atoms. The van der Waals surface area contributed by atoms with E-state index in [4.69, 9.17) is 0 Å². The Balaban J connectivity index is 2.45. The minimum atomic E-state index is 0.411. The smallest absolute Gasteiger partial charge is 0.149 e. The zero-order valence-electron chi connectivity index (χ0n) is 5.54. The lowest BCUT2D eigenvalue weighted by atomic mass is 0.820. The van der Waals surface area contributed by atoms with Gasteiger partial charge in [0.1, 0.15) is 0 Å². The molecule has 40 valence electrons. The summed E-state index contributed by atoms with van der Waals surface area (Å²) in [6.07, 6.45) is 2.88. The minimum Gasteiger partial charge on any atom is -0.149 e. The van der Waals surface area contributed by atoms with E-state index in [9.17, 15) is 0 Å². The first-order chi connectivity index (χ1) is 3.41. The van der Waals surface area contributed by atoms with E-state index >= 15 is 0 Å². The molecule has 0 fully saturated rings. The van der Waals surface area contributed by atoms with Crippen LogP contribution >= 0.6 is 0 Å². The van der Waals surface area contributed by atoms with Crippen molar-refractivity contribution < 1.29 is 0 Å². The van der Waals surface area contributed by atoms with Crippen LogP contribution in [-0.4, -0.2) is 20.4 Å². The Hall–Kier alpha value is 0.766. The van der Waals surface area contributed by atoms with Crippen molar-refractivity contribution in [2.24, 2.45) is 0 Å². The Bertz CT molecular complexity index is 23.4. The van der Waals surface area contributed by atoms with Crippen LogP contribution in [0.5, 0.6) is 0 Å². The van der Waals surface area contributed by atoms with E-state index in [1.807, 2.05) is 0 Å². The van der Waals surface area contributed by atoms with Gasteiger partial charge in [-0.1, -0.05) is 26.7 Å². The number of hydrogen-bond donors (Lipinski definition) is 0. The summed E-state index contributed by atoms with van der Waals surface area (Å²) in [6.45, 7) is 4.58. The van der Waals surface area contributed by atoms with Crippen molar-refractivity contribution in [3.05, 3.63) is 0 Å². The fourth-order valence-corrected chi connectivity index (χ4v) is 2.03. The predicted molar refractivity (Wildman–Crippen MR) is 35.9 cm³/mol. The van der Waals surface area contributed by atoms with E-state index in [1.54, 1.807) is 4.55 Å². The van der Waals surface area contributed by atoms with Gasteiger partial charge in [-0.25, -0.2) is 0 Å². The van der Waals surface area contributed by atoms with Crippen molar-refractivity contribution in [3.8, 4) is 0 Å². The molecule has 0 aromatic carbocycles. The highest BCUT2D eigenvalue weighted by Gasteiger charge is 1.87. The molecule has 0 aromatic heterocycles. The molecule has 1 heteroatoms. The highest BCUT2D eigenvalue weighted by molar-refractivity contribution is 6.35. The summed E-state index contributed by atoms with van der Waals surface area (Å²) in [5.41, 5.74) is 0. The van der Waals surface area contributed by atoms with Crippen molar-refractivity contribution in [3.63, 3.8) is 0 Å². The van der Waals surface area contributed by atoms with E-state index in [2.05, 4.69) is 13.8 Å². The number of rotatable bonds is 4. The van der Waals surface area contributed by atoms with Gasteiger partial charge in [-0.3, -0.25) is 0 Å². The first kappa shape index (κ1) is 7.77. The summed E-state index contributed by atoms with van der Waals surface area (Å²) in [6, 6.07) is 0. The zero-order valence-corrected chi connectivity index (χ0v) is 6.95. The second kappa shape index (κ2) is 6.77. The zero-order chi connectivity index (χ0) is 5.54. The normalized spacial score (nSPS) is 8.29. The Kier molecular flexibility index (Phi) is 7.51. The average molecular weight is 87.2 g/mol. The first-order valence-corrected chi connectivity index (χ1v) is 5.41. The third-order valence-electron chi connectivity index (χ3n) is 1.21. The van der Waals surface area contributed by atoms with Crippen LogP contribution in [0, 0.1) is 0 Å². The SMILES string of the molecule is CCC[CH2][1Mg][CH2]C. The van der Waals surface area contributed by atoms with Gasteiger partial charge in [0.15, 0.2) is 0 Å². The van der Waals surface area contributed by atoms with Crippen molar-refractivity contribution >= 4 is 20.4 Å². The monoisotopic (exact) mass is 87.1 g/mol. The van der Waals surface area contributed by atoms with Gasteiger partial charge in [-0.2, -0.15) is 0 Å². The van der Waals surface area contributed by atoms with Crippen LogP contribution in [0.25, 0.3) is 0 Å². The molecule has 0 aliphatic rings. The van der Waals surface area contributed by atoms with Crippen LogP contribution in [0.3, 0.4) is 0 Å². The van der Waals surface area contributed by atoms with Crippen LogP contribution < -0.4 is 0 Å². The summed E-state index contributed by atoms with van der Waals surface area (Å²) in [7, 11) is 0. The van der Waals surface area contributed by atoms with Gasteiger partial charge in [-0.05, 0) is 0 Å². The summed E-state index contributed by atoms with van der Waals surface area (Å²) in [5, 5.41) is 0. The van der Waals surface area contributed by atoms with Crippen molar-refractivity contribution in [1.82, 2.24) is 0 Å². The maximum atomic E-state index is 2.31. The number of hydrogen-bond acceptors (Lipinski definition) is 0. The van der Waals surface area contributed by atoms with Crippen molar-refractivity contribution in [2.75, 3.05) is 0 Å². The summed E-state index contributed by atoms with van der Waals surface area (Å²) < 4.78 is 3.08. The van der Waals surface area contributed by atoms with Gasteiger partial charge in [0.2, 0.25) is 0 Å². The lowest BCUT2D eigenvalue weighted by molar-refractivity contribution is 0.877. The third kappa shape index (κ3) is 6.77. The fraction of sp³-hybridized carbons (Fsp3) is 1.00. The highest BCUT2D eigenvalue weighted by atomic mass is 13.6.